The summed E-state index contributed by atoms with van der Waals surface area (Å²) in [6.45, 7) is 4.67. The molecule has 0 fully saturated rings. The maximum absolute atomic E-state index is 12.7. The van der Waals surface area contributed by atoms with E-state index in [1.54, 1.807) is 17.2 Å². The van der Waals surface area contributed by atoms with Crippen molar-refractivity contribution < 1.29 is 9.21 Å². The summed E-state index contributed by atoms with van der Waals surface area (Å²) < 4.78 is 5.35. The molecule has 1 amide bonds. The topological polar surface area (TPSA) is 59.5 Å². The number of nitrogen functional groups attached to an aromatic ring is 1. The third-order valence-corrected chi connectivity index (χ3v) is 3.17. The quantitative estimate of drug-likeness (QED) is 0.848. The lowest BCUT2D eigenvalue weighted by molar-refractivity contribution is 0.0985. The lowest BCUT2D eigenvalue weighted by Crippen LogP contribution is -2.32. The fraction of sp³-hybridized carbons (Fsp3) is 0.312. The van der Waals surface area contributed by atoms with Gasteiger partial charge in [-0.25, -0.2) is 0 Å². The van der Waals surface area contributed by atoms with Gasteiger partial charge in [-0.2, -0.15) is 0 Å². The zero-order valence-corrected chi connectivity index (χ0v) is 11.9. The number of hydrogen-bond acceptors (Lipinski definition) is 3. The molecule has 1 heterocycles. The first-order valence-corrected chi connectivity index (χ1v) is 6.91. The van der Waals surface area contributed by atoms with Crippen molar-refractivity contribution in [1.82, 2.24) is 0 Å². The molecule has 0 unspecified atom stereocenters. The van der Waals surface area contributed by atoms with E-state index in [0.717, 1.165) is 17.9 Å². The van der Waals surface area contributed by atoms with Crippen LogP contribution in [0.25, 0.3) is 0 Å². The predicted molar refractivity (Wildman–Crippen MR) is 80.9 cm³/mol. The van der Waals surface area contributed by atoms with E-state index in [1.165, 1.54) is 0 Å². The molecule has 0 aliphatic heterocycles. The van der Waals surface area contributed by atoms with Gasteiger partial charge >= 0.3 is 0 Å². The van der Waals surface area contributed by atoms with Crippen LogP contribution in [0.5, 0.6) is 0 Å². The normalized spacial score (nSPS) is 10.5. The molecule has 0 atom stereocenters. The highest BCUT2D eigenvalue weighted by Crippen LogP contribution is 2.22. The van der Waals surface area contributed by atoms with E-state index in [4.69, 9.17) is 10.2 Å². The van der Waals surface area contributed by atoms with E-state index >= 15 is 0 Å². The highest BCUT2D eigenvalue weighted by Gasteiger charge is 2.21. The Morgan fingerprint density at radius 2 is 2.10 bits per heavy atom. The number of nitrogens with zero attached hydrogens (tertiary/aromatic N) is 1. The molecule has 2 aromatic rings. The number of carbonyl (C=O) groups excluding carboxylic acids is 1. The van der Waals surface area contributed by atoms with Crippen molar-refractivity contribution in [3.63, 3.8) is 0 Å². The summed E-state index contributed by atoms with van der Waals surface area (Å²) in [7, 11) is 0. The molecule has 0 aliphatic carbocycles. The first kappa shape index (κ1) is 14.2. The Balaban J connectivity index is 2.36. The van der Waals surface area contributed by atoms with E-state index in [-0.39, 0.29) is 5.91 Å². The van der Waals surface area contributed by atoms with Gasteiger partial charge < -0.3 is 15.1 Å². The molecule has 4 nitrogen and oxygen atoms in total. The van der Waals surface area contributed by atoms with Gasteiger partial charge in [-0.15, -0.1) is 0 Å². The minimum Gasteiger partial charge on any atom is -0.469 e. The van der Waals surface area contributed by atoms with Crippen LogP contribution in [0.1, 0.15) is 36.4 Å². The van der Waals surface area contributed by atoms with Crippen LogP contribution >= 0.6 is 0 Å². The van der Waals surface area contributed by atoms with Crippen LogP contribution in [-0.2, 0) is 6.42 Å². The Morgan fingerprint density at radius 1 is 1.30 bits per heavy atom. The van der Waals surface area contributed by atoms with Crippen molar-refractivity contribution in [2.75, 3.05) is 17.2 Å². The molecule has 0 saturated carbocycles. The van der Waals surface area contributed by atoms with Crippen molar-refractivity contribution in [2.24, 2.45) is 0 Å². The smallest absolute Gasteiger partial charge is 0.261 e. The number of furan rings is 1. The summed E-state index contributed by atoms with van der Waals surface area (Å²) in [5, 5.41) is 0. The molecule has 1 aromatic heterocycles. The number of rotatable bonds is 5. The molecule has 0 spiro atoms. The lowest BCUT2D eigenvalue weighted by Gasteiger charge is -2.22. The van der Waals surface area contributed by atoms with Gasteiger partial charge in [-0.05, 0) is 30.7 Å². The van der Waals surface area contributed by atoms with Crippen molar-refractivity contribution >= 4 is 17.3 Å². The van der Waals surface area contributed by atoms with Gasteiger partial charge in [0.15, 0.2) is 0 Å². The standard InChI is InChI=1S/C16H20N2O2/c1-3-9-18(13-7-5-6-12(17)11-13)16(19)14-8-10-20-15(14)4-2/h5-8,10-11H,3-4,9,17H2,1-2H3. The summed E-state index contributed by atoms with van der Waals surface area (Å²) in [5.41, 5.74) is 7.91. The number of anilines is 2. The van der Waals surface area contributed by atoms with Crippen LogP contribution in [0, 0.1) is 0 Å². The second-order valence-corrected chi connectivity index (χ2v) is 4.66. The number of nitrogens with two attached hydrogens (primary N) is 1. The van der Waals surface area contributed by atoms with E-state index in [9.17, 15) is 4.79 Å². The molecule has 106 valence electrons. The summed E-state index contributed by atoms with van der Waals surface area (Å²) in [4.78, 5) is 14.5. The molecule has 2 rings (SSSR count). The maximum atomic E-state index is 12.7. The Labute approximate surface area is 119 Å². The van der Waals surface area contributed by atoms with Gasteiger partial charge in [0.25, 0.3) is 5.91 Å². The molecule has 0 saturated heterocycles. The van der Waals surface area contributed by atoms with E-state index in [0.29, 0.717) is 24.2 Å². The number of aryl methyl sites for hydroxylation is 1. The molecule has 1 aromatic carbocycles. The minimum atomic E-state index is -0.0388. The Bertz CT molecular complexity index is 590. The van der Waals surface area contributed by atoms with Crippen LogP contribution in [0.2, 0.25) is 0 Å². The molecule has 0 bridgehead atoms. The van der Waals surface area contributed by atoms with Crippen LogP contribution in [0.15, 0.2) is 41.0 Å². The average Bonchev–Trinajstić information content (AvgIpc) is 2.92. The lowest BCUT2D eigenvalue weighted by atomic mass is 10.1. The van der Waals surface area contributed by atoms with Crippen LogP contribution < -0.4 is 10.6 Å². The predicted octanol–water partition coefficient (Wildman–Crippen LogP) is 3.48. The Morgan fingerprint density at radius 3 is 2.75 bits per heavy atom. The number of amides is 1. The maximum Gasteiger partial charge on any atom is 0.261 e. The first-order valence-electron chi connectivity index (χ1n) is 6.91. The zero-order chi connectivity index (χ0) is 14.5. The van der Waals surface area contributed by atoms with Gasteiger partial charge in [0, 0.05) is 24.3 Å². The number of hydrogen-bond donors (Lipinski definition) is 1. The van der Waals surface area contributed by atoms with Crippen LogP contribution in [0.4, 0.5) is 11.4 Å². The van der Waals surface area contributed by atoms with Crippen LogP contribution in [-0.4, -0.2) is 12.5 Å². The van der Waals surface area contributed by atoms with Gasteiger partial charge in [0.05, 0.1) is 11.8 Å². The van der Waals surface area contributed by atoms with Gasteiger partial charge in [-0.1, -0.05) is 19.9 Å². The van der Waals surface area contributed by atoms with Gasteiger partial charge in [0.1, 0.15) is 5.76 Å². The third kappa shape index (κ3) is 2.85. The highest BCUT2D eigenvalue weighted by atomic mass is 16.3. The second-order valence-electron chi connectivity index (χ2n) is 4.66. The molecule has 20 heavy (non-hydrogen) atoms. The highest BCUT2D eigenvalue weighted by molar-refractivity contribution is 6.06. The summed E-state index contributed by atoms with van der Waals surface area (Å²) in [6, 6.07) is 9.12. The second kappa shape index (κ2) is 6.28. The molecule has 2 N–H and O–H groups in total. The molecule has 0 radical (unpaired) electrons. The number of benzene rings is 1. The van der Waals surface area contributed by atoms with Crippen molar-refractivity contribution in [3.8, 4) is 0 Å². The van der Waals surface area contributed by atoms with Crippen LogP contribution in [0.3, 0.4) is 0 Å². The zero-order valence-electron chi connectivity index (χ0n) is 11.9. The van der Waals surface area contributed by atoms with E-state index in [2.05, 4.69) is 0 Å². The number of carbonyl (C=O) groups is 1. The van der Waals surface area contributed by atoms with Crippen molar-refractivity contribution in [2.45, 2.75) is 26.7 Å². The first-order chi connectivity index (χ1) is 9.67. The average molecular weight is 272 g/mol. The summed E-state index contributed by atoms with van der Waals surface area (Å²) in [6.07, 6.45) is 3.14. The fourth-order valence-electron chi connectivity index (χ4n) is 2.21. The van der Waals surface area contributed by atoms with E-state index < -0.39 is 0 Å². The van der Waals surface area contributed by atoms with Crippen molar-refractivity contribution in [1.29, 1.82) is 0 Å². The van der Waals surface area contributed by atoms with Crippen molar-refractivity contribution in [3.05, 3.63) is 47.9 Å². The third-order valence-electron chi connectivity index (χ3n) is 3.17. The monoisotopic (exact) mass is 272 g/mol. The summed E-state index contributed by atoms with van der Waals surface area (Å²) >= 11 is 0. The Kier molecular flexibility index (Phi) is 4.45. The largest absolute Gasteiger partial charge is 0.469 e. The van der Waals surface area contributed by atoms with E-state index in [1.807, 2.05) is 38.1 Å². The fourth-order valence-corrected chi connectivity index (χ4v) is 2.21. The molecule has 4 heteroatoms. The SMILES string of the molecule is CCCN(C(=O)c1ccoc1CC)c1cccc(N)c1. The van der Waals surface area contributed by atoms with Gasteiger partial charge in [0.2, 0.25) is 0 Å². The summed E-state index contributed by atoms with van der Waals surface area (Å²) in [5.74, 6) is 0.683. The molecular weight excluding hydrogens is 252 g/mol. The molecular formula is C16H20N2O2. The molecule has 0 aliphatic rings. The minimum absolute atomic E-state index is 0.0388. The Hall–Kier alpha value is -2.23. The van der Waals surface area contributed by atoms with Gasteiger partial charge in [-0.3, -0.25) is 4.79 Å².